The van der Waals surface area contributed by atoms with E-state index in [0.717, 1.165) is 51.4 Å². The molecule has 0 radical (unpaired) electrons. The number of aliphatic hydroxyl groups excluding tert-OH is 2. The average Bonchev–Trinajstić information content (AvgIpc) is 2.95. The highest BCUT2D eigenvalue weighted by Crippen LogP contribution is 2.16. The smallest absolute Gasteiger partial charge is 0.352 e. The third-order valence-electron chi connectivity index (χ3n) is 6.87. The van der Waals surface area contributed by atoms with Crippen LogP contribution in [0.5, 0.6) is 0 Å². The van der Waals surface area contributed by atoms with Crippen LogP contribution in [0.4, 0.5) is 0 Å². The lowest BCUT2D eigenvalue weighted by molar-refractivity contribution is -0.191. The molecule has 10 nitrogen and oxygen atoms in total. The van der Waals surface area contributed by atoms with Crippen LogP contribution in [0.2, 0.25) is 0 Å². The normalized spacial score (nSPS) is 13.3. The van der Waals surface area contributed by atoms with Crippen LogP contribution >= 0.6 is 0 Å². The van der Waals surface area contributed by atoms with Gasteiger partial charge in [0.05, 0.1) is 6.61 Å². The molecule has 0 amide bonds. The summed E-state index contributed by atoms with van der Waals surface area (Å²) < 4.78 is 15.1. The highest BCUT2D eigenvalue weighted by molar-refractivity contribution is 5.88. The van der Waals surface area contributed by atoms with E-state index in [-0.39, 0.29) is 12.8 Å². The lowest BCUT2D eigenvalue weighted by Gasteiger charge is -2.23. The Morgan fingerprint density at radius 1 is 0.585 bits per heavy atom. The van der Waals surface area contributed by atoms with Gasteiger partial charge in [-0.3, -0.25) is 9.59 Å². The number of ether oxygens (including phenoxy) is 3. The van der Waals surface area contributed by atoms with E-state index in [9.17, 15) is 29.4 Å². The molecule has 0 aromatic carbocycles. The van der Waals surface area contributed by atoms with Crippen molar-refractivity contribution in [2.45, 2.75) is 161 Å². The Bertz CT molecular complexity index is 696. The van der Waals surface area contributed by atoms with E-state index in [1.807, 2.05) is 0 Å². The van der Waals surface area contributed by atoms with Crippen molar-refractivity contribution in [3.05, 3.63) is 0 Å². The number of carbonyl (C=O) groups excluding carboxylic acids is 3. The number of rotatable bonds is 28. The number of hydrogen-bond acceptors (Lipinski definition) is 9. The molecule has 0 rings (SSSR count). The predicted molar refractivity (Wildman–Crippen MR) is 155 cm³/mol. The zero-order valence-corrected chi connectivity index (χ0v) is 25.5. The number of esters is 3. The molecule has 0 aliphatic rings. The summed E-state index contributed by atoms with van der Waals surface area (Å²) in [6.45, 7) is 3.01. The minimum absolute atomic E-state index is 0.0301. The summed E-state index contributed by atoms with van der Waals surface area (Å²) in [5, 5.41) is 28.1. The van der Waals surface area contributed by atoms with Gasteiger partial charge >= 0.3 is 23.9 Å². The van der Waals surface area contributed by atoms with Crippen molar-refractivity contribution < 1.29 is 48.7 Å². The van der Waals surface area contributed by atoms with Gasteiger partial charge in [-0.25, -0.2) is 9.59 Å². The fraction of sp³-hybridized carbons (Fsp3) is 0.871. The number of aliphatic carboxylic acids is 1. The molecule has 0 bridgehead atoms. The van der Waals surface area contributed by atoms with Gasteiger partial charge < -0.3 is 29.5 Å². The van der Waals surface area contributed by atoms with Crippen molar-refractivity contribution in [1.82, 2.24) is 0 Å². The SMILES string of the molecule is CCCCCCCCCCCC(=O)O[C@@H](C(=O)O)[C@@H](OC(=O)CCCCCCCCCCC)C(=O)OCC(O)CO. The maximum Gasteiger partial charge on any atom is 0.352 e. The van der Waals surface area contributed by atoms with Gasteiger partial charge in [-0.1, -0.05) is 117 Å². The second-order valence-electron chi connectivity index (χ2n) is 10.8. The number of carboxylic acids is 1. The molecule has 0 aliphatic carbocycles. The van der Waals surface area contributed by atoms with Gasteiger partial charge in [0, 0.05) is 12.8 Å². The third-order valence-corrected chi connectivity index (χ3v) is 6.87. The van der Waals surface area contributed by atoms with Crippen molar-refractivity contribution >= 4 is 23.9 Å². The zero-order valence-electron chi connectivity index (χ0n) is 25.5. The molecule has 0 fully saturated rings. The Hall–Kier alpha value is -2.20. The predicted octanol–water partition coefficient (Wildman–Crippen LogP) is 5.63. The average molecular weight is 589 g/mol. The van der Waals surface area contributed by atoms with Crippen molar-refractivity contribution in [3.63, 3.8) is 0 Å². The number of unbranched alkanes of at least 4 members (excludes halogenated alkanes) is 16. The van der Waals surface area contributed by atoms with E-state index in [4.69, 9.17) is 19.3 Å². The largest absolute Gasteiger partial charge is 0.478 e. The Morgan fingerprint density at radius 2 is 0.951 bits per heavy atom. The lowest BCUT2D eigenvalue weighted by Crippen LogP contribution is -2.47. The molecule has 1 unspecified atom stereocenters. The monoisotopic (exact) mass is 588 g/mol. The summed E-state index contributed by atoms with van der Waals surface area (Å²) in [5.41, 5.74) is 0. The fourth-order valence-electron chi connectivity index (χ4n) is 4.35. The number of carboxylic acid groups (broad SMARTS) is 1. The second kappa shape index (κ2) is 26.7. The molecular formula is C31H56O10. The van der Waals surface area contributed by atoms with Crippen LogP contribution in [-0.2, 0) is 33.4 Å². The number of hydrogen-bond donors (Lipinski definition) is 3. The highest BCUT2D eigenvalue weighted by atomic mass is 16.6. The van der Waals surface area contributed by atoms with Crippen LogP contribution in [0.1, 0.15) is 142 Å². The van der Waals surface area contributed by atoms with Crippen LogP contribution in [0.3, 0.4) is 0 Å². The molecule has 10 heteroatoms. The van der Waals surface area contributed by atoms with Crippen molar-refractivity contribution in [2.24, 2.45) is 0 Å². The maximum absolute atomic E-state index is 12.6. The van der Waals surface area contributed by atoms with Crippen LogP contribution in [-0.4, -0.2) is 70.7 Å². The van der Waals surface area contributed by atoms with Gasteiger partial charge in [-0.05, 0) is 12.8 Å². The van der Waals surface area contributed by atoms with Crippen LogP contribution < -0.4 is 0 Å². The first-order valence-corrected chi connectivity index (χ1v) is 15.8. The molecule has 0 aromatic heterocycles. The maximum atomic E-state index is 12.6. The number of aliphatic hydroxyl groups is 2. The molecular weight excluding hydrogens is 532 g/mol. The number of carbonyl (C=O) groups is 4. The van der Waals surface area contributed by atoms with Crippen LogP contribution in [0.15, 0.2) is 0 Å². The topological polar surface area (TPSA) is 157 Å². The van der Waals surface area contributed by atoms with Crippen LogP contribution in [0, 0.1) is 0 Å². The summed E-state index contributed by atoms with van der Waals surface area (Å²) in [7, 11) is 0. The molecule has 0 spiro atoms. The Kier molecular flexibility index (Phi) is 25.3. The quantitative estimate of drug-likeness (QED) is 0.0594. The summed E-state index contributed by atoms with van der Waals surface area (Å²) in [6, 6.07) is 0. The lowest BCUT2D eigenvalue weighted by atomic mass is 10.1. The van der Waals surface area contributed by atoms with E-state index in [0.29, 0.717) is 12.8 Å². The minimum Gasteiger partial charge on any atom is -0.478 e. The first-order valence-electron chi connectivity index (χ1n) is 15.8. The zero-order chi connectivity index (χ0) is 30.7. The van der Waals surface area contributed by atoms with Crippen molar-refractivity contribution in [1.29, 1.82) is 0 Å². The standard InChI is InChI=1S/C31H56O10/c1-3-5-7-9-11-13-15-17-19-21-26(34)40-28(30(36)37)29(31(38)39-24-25(33)23-32)41-27(35)22-20-18-16-14-12-10-8-6-4-2/h25,28-29,32-33H,3-24H2,1-2H3,(H,36,37)/t25?,28-,29-/m1/s1. The summed E-state index contributed by atoms with van der Waals surface area (Å²) in [5.74, 6) is -4.56. The van der Waals surface area contributed by atoms with E-state index in [1.54, 1.807) is 0 Å². The van der Waals surface area contributed by atoms with E-state index in [2.05, 4.69) is 13.8 Å². The Morgan fingerprint density at radius 3 is 1.32 bits per heavy atom. The van der Waals surface area contributed by atoms with Gasteiger partial charge in [0.2, 0.25) is 12.2 Å². The van der Waals surface area contributed by atoms with Crippen molar-refractivity contribution in [2.75, 3.05) is 13.2 Å². The summed E-state index contributed by atoms with van der Waals surface area (Å²) >= 11 is 0. The van der Waals surface area contributed by atoms with E-state index in [1.165, 1.54) is 51.4 Å². The Labute approximate surface area is 246 Å². The molecule has 240 valence electrons. The summed E-state index contributed by atoms with van der Waals surface area (Å²) in [4.78, 5) is 49.4. The van der Waals surface area contributed by atoms with Gasteiger partial charge in [-0.2, -0.15) is 0 Å². The van der Waals surface area contributed by atoms with Gasteiger partial charge in [-0.15, -0.1) is 0 Å². The summed E-state index contributed by atoms with van der Waals surface area (Å²) in [6.07, 6.45) is 13.1. The second-order valence-corrected chi connectivity index (χ2v) is 10.8. The molecule has 41 heavy (non-hydrogen) atoms. The molecule has 0 aromatic rings. The molecule has 0 aliphatic heterocycles. The molecule has 0 saturated heterocycles. The minimum atomic E-state index is -2.09. The third kappa shape index (κ3) is 22.1. The van der Waals surface area contributed by atoms with Crippen molar-refractivity contribution in [3.8, 4) is 0 Å². The first kappa shape index (κ1) is 38.8. The molecule has 3 N–H and O–H groups in total. The fourth-order valence-corrected chi connectivity index (χ4v) is 4.35. The molecule has 3 atom stereocenters. The van der Waals surface area contributed by atoms with E-state index < -0.39 is 55.4 Å². The van der Waals surface area contributed by atoms with E-state index >= 15 is 0 Å². The molecule has 0 heterocycles. The van der Waals surface area contributed by atoms with Crippen LogP contribution in [0.25, 0.3) is 0 Å². The highest BCUT2D eigenvalue weighted by Gasteiger charge is 2.41. The Balaban J connectivity index is 4.81. The van der Waals surface area contributed by atoms with Gasteiger partial charge in [0.15, 0.2) is 0 Å². The molecule has 0 saturated carbocycles. The first-order chi connectivity index (χ1) is 19.8. The van der Waals surface area contributed by atoms with Gasteiger partial charge in [0.25, 0.3) is 0 Å². The van der Waals surface area contributed by atoms with Gasteiger partial charge in [0.1, 0.15) is 12.7 Å².